The van der Waals surface area contributed by atoms with Gasteiger partial charge in [0.15, 0.2) is 0 Å². The number of rotatable bonds is 2. The van der Waals surface area contributed by atoms with Crippen molar-refractivity contribution in [3.05, 3.63) is 27.7 Å². The highest BCUT2D eigenvalue weighted by Gasteiger charge is 2.08. The Morgan fingerprint density at radius 2 is 2.00 bits per heavy atom. The molecule has 2 nitrogen and oxygen atoms in total. The Balaban J connectivity index is 3.22. The molecule has 0 radical (unpaired) electrons. The highest BCUT2D eigenvalue weighted by Crippen LogP contribution is 2.31. The molecule has 0 aliphatic carbocycles. The Hall–Kier alpha value is -0.540. The molecule has 72 valence electrons. The van der Waals surface area contributed by atoms with E-state index in [1.165, 1.54) is 0 Å². The van der Waals surface area contributed by atoms with Crippen LogP contribution in [0.15, 0.2) is 16.6 Å². The van der Waals surface area contributed by atoms with Gasteiger partial charge in [-0.3, -0.25) is 0 Å². The molecular formula is C10H13BrO2. The van der Waals surface area contributed by atoms with Gasteiger partial charge in [0.2, 0.25) is 0 Å². The van der Waals surface area contributed by atoms with Crippen molar-refractivity contribution < 1.29 is 10.2 Å². The lowest BCUT2D eigenvalue weighted by atomic mass is 10.0. The molecule has 0 heterocycles. The molecule has 0 amide bonds. The van der Waals surface area contributed by atoms with E-state index in [1.807, 2.05) is 12.1 Å². The van der Waals surface area contributed by atoms with Crippen molar-refractivity contribution in [2.75, 3.05) is 0 Å². The van der Waals surface area contributed by atoms with Crippen molar-refractivity contribution in [2.24, 2.45) is 0 Å². The average Bonchev–Trinajstić information content (AvgIpc) is 2.09. The maximum Gasteiger partial charge on any atom is 0.135 e. The topological polar surface area (TPSA) is 40.5 Å². The molecule has 0 saturated carbocycles. The summed E-state index contributed by atoms with van der Waals surface area (Å²) >= 11 is 3.24. The summed E-state index contributed by atoms with van der Waals surface area (Å²) in [5.41, 5.74) is 1.67. The minimum atomic E-state index is -0.134. The molecule has 13 heavy (non-hydrogen) atoms. The number of hydrogen-bond donors (Lipinski definition) is 2. The molecular weight excluding hydrogens is 232 g/mol. The first-order valence-electron chi connectivity index (χ1n) is 4.18. The molecule has 3 heteroatoms. The van der Waals surface area contributed by atoms with Gasteiger partial charge in [0.1, 0.15) is 5.75 Å². The highest BCUT2D eigenvalue weighted by molar-refractivity contribution is 9.10. The SMILES string of the molecule is CC(C)c1cc(Br)c(O)c(CO)c1. The van der Waals surface area contributed by atoms with Crippen LogP contribution in [0.3, 0.4) is 0 Å². The van der Waals surface area contributed by atoms with Crippen LogP contribution in [0.5, 0.6) is 5.75 Å². The summed E-state index contributed by atoms with van der Waals surface area (Å²) in [4.78, 5) is 0. The van der Waals surface area contributed by atoms with Crippen LogP contribution >= 0.6 is 15.9 Å². The van der Waals surface area contributed by atoms with Crippen LogP contribution in [0.25, 0.3) is 0 Å². The monoisotopic (exact) mass is 244 g/mol. The molecule has 0 fully saturated rings. The predicted octanol–water partition coefficient (Wildman–Crippen LogP) is 2.77. The van der Waals surface area contributed by atoms with E-state index in [9.17, 15) is 5.11 Å². The lowest BCUT2D eigenvalue weighted by Gasteiger charge is -2.10. The molecule has 1 aromatic rings. The van der Waals surface area contributed by atoms with Gasteiger partial charge in [-0.1, -0.05) is 13.8 Å². The zero-order valence-electron chi connectivity index (χ0n) is 7.71. The molecule has 0 saturated heterocycles. The quantitative estimate of drug-likeness (QED) is 0.841. The lowest BCUT2D eigenvalue weighted by molar-refractivity contribution is 0.275. The van der Waals surface area contributed by atoms with Gasteiger partial charge >= 0.3 is 0 Å². The van der Waals surface area contributed by atoms with Crippen molar-refractivity contribution in [3.8, 4) is 5.75 Å². The van der Waals surface area contributed by atoms with Gasteiger partial charge < -0.3 is 10.2 Å². The van der Waals surface area contributed by atoms with Crippen LogP contribution in [-0.4, -0.2) is 10.2 Å². The molecule has 1 rings (SSSR count). The van der Waals surface area contributed by atoms with Crippen LogP contribution in [0.4, 0.5) is 0 Å². The normalized spacial score (nSPS) is 10.8. The molecule has 0 spiro atoms. The summed E-state index contributed by atoms with van der Waals surface area (Å²) in [7, 11) is 0. The Morgan fingerprint density at radius 1 is 1.38 bits per heavy atom. The fourth-order valence-corrected chi connectivity index (χ4v) is 1.65. The van der Waals surface area contributed by atoms with E-state index < -0.39 is 0 Å². The van der Waals surface area contributed by atoms with E-state index >= 15 is 0 Å². The second-order valence-electron chi connectivity index (χ2n) is 3.32. The van der Waals surface area contributed by atoms with Crippen LogP contribution < -0.4 is 0 Å². The fourth-order valence-electron chi connectivity index (χ4n) is 1.13. The van der Waals surface area contributed by atoms with Gasteiger partial charge in [-0.05, 0) is 39.5 Å². The molecule has 0 unspecified atom stereocenters. The maximum atomic E-state index is 9.50. The lowest BCUT2D eigenvalue weighted by Crippen LogP contribution is -1.92. The number of hydrogen-bond acceptors (Lipinski definition) is 2. The zero-order chi connectivity index (χ0) is 10.0. The van der Waals surface area contributed by atoms with Crippen molar-refractivity contribution in [2.45, 2.75) is 26.4 Å². The smallest absolute Gasteiger partial charge is 0.135 e. The third-order valence-corrected chi connectivity index (χ3v) is 2.61. The summed E-state index contributed by atoms with van der Waals surface area (Å²) < 4.78 is 0.641. The highest BCUT2D eigenvalue weighted by atomic mass is 79.9. The number of aromatic hydroxyl groups is 1. The van der Waals surface area contributed by atoms with Gasteiger partial charge in [-0.25, -0.2) is 0 Å². The molecule has 2 N–H and O–H groups in total. The van der Waals surface area contributed by atoms with E-state index in [2.05, 4.69) is 29.8 Å². The second-order valence-corrected chi connectivity index (χ2v) is 4.18. The van der Waals surface area contributed by atoms with Gasteiger partial charge in [0.25, 0.3) is 0 Å². The first kappa shape index (κ1) is 10.5. The summed E-state index contributed by atoms with van der Waals surface area (Å²) in [6.45, 7) is 4.00. The van der Waals surface area contributed by atoms with E-state index in [0.29, 0.717) is 16.0 Å². The van der Waals surface area contributed by atoms with E-state index in [-0.39, 0.29) is 12.4 Å². The van der Waals surface area contributed by atoms with Crippen molar-refractivity contribution in [1.29, 1.82) is 0 Å². The largest absolute Gasteiger partial charge is 0.506 e. The van der Waals surface area contributed by atoms with Crippen LogP contribution in [0, 0.1) is 0 Å². The molecule has 0 aliphatic rings. The maximum absolute atomic E-state index is 9.50. The molecule has 1 aromatic carbocycles. The van der Waals surface area contributed by atoms with Gasteiger partial charge in [0, 0.05) is 5.56 Å². The number of halogens is 1. The number of benzene rings is 1. The Bertz CT molecular complexity index is 308. The Labute approximate surface area is 86.3 Å². The third kappa shape index (κ3) is 2.23. The van der Waals surface area contributed by atoms with Crippen LogP contribution in [0.1, 0.15) is 30.9 Å². The Morgan fingerprint density at radius 3 is 2.46 bits per heavy atom. The molecule has 0 atom stereocenters. The summed E-state index contributed by atoms with van der Waals surface area (Å²) in [5, 5.41) is 18.5. The summed E-state index contributed by atoms with van der Waals surface area (Å²) in [5.74, 6) is 0.522. The van der Waals surface area contributed by atoms with Gasteiger partial charge in [-0.2, -0.15) is 0 Å². The van der Waals surface area contributed by atoms with Gasteiger partial charge in [-0.15, -0.1) is 0 Å². The van der Waals surface area contributed by atoms with Gasteiger partial charge in [0.05, 0.1) is 11.1 Å². The zero-order valence-corrected chi connectivity index (χ0v) is 9.30. The second kappa shape index (κ2) is 4.11. The molecule has 0 aromatic heterocycles. The third-order valence-electron chi connectivity index (χ3n) is 2.00. The molecule has 0 bridgehead atoms. The average molecular weight is 245 g/mol. The fraction of sp³-hybridized carbons (Fsp3) is 0.400. The molecule has 0 aliphatic heterocycles. The minimum absolute atomic E-state index is 0.131. The summed E-state index contributed by atoms with van der Waals surface area (Å²) in [6, 6.07) is 3.70. The first-order valence-corrected chi connectivity index (χ1v) is 4.97. The van der Waals surface area contributed by atoms with Crippen molar-refractivity contribution >= 4 is 15.9 Å². The first-order chi connectivity index (χ1) is 6.06. The van der Waals surface area contributed by atoms with E-state index in [4.69, 9.17) is 5.11 Å². The standard InChI is InChI=1S/C10H13BrO2/c1-6(2)7-3-8(5-12)10(13)9(11)4-7/h3-4,6,12-13H,5H2,1-2H3. The van der Waals surface area contributed by atoms with Crippen LogP contribution in [0.2, 0.25) is 0 Å². The van der Waals surface area contributed by atoms with Crippen molar-refractivity contribution in [3.63, 3.8) is 0 Å². The Kier molecular flexibility index (Phi) is 3.33. The number of aliphatic hydroxyl groups excluding tert-OH is 1. The van der Waals surface area contributed by atoms with Crippen LogP contribution in [-0.2, 0) is 6.61 Å². The minimum Gasteiger partial charge on any atom is -0.506 e. The number of aliphatic hydroxyl groups is 1. The predicted molar refractivity (Wildman–Crippen MR) is 55.8 cm³/mol. The van der Waals surface area contributed by atoms with Crippen molar-refractivity contribution in [1.82, 2.24) is 0 Å². The van der Waals surface area contributed by atoms with E-state index in [0.717, 1.165) is 5.56 Å². The number of phenols is 1. The van der Waals surface area contributed by atoms with E-state index in [1.54, 1.807) is 0 Å². The summed E-state index contributed by atoms with van der Waals surface area (Å²) in [6.07, 6.45) is 0.